The van der Waals surface area contributed by atoms with E-state index in [0.717, 1.165) is 17.0 Å². The third-order valence-corrected chi connectivity index (χ3v) is 4.48. The Morgan fingerprint density at radius 2 is 2.11 bits per heavy atom. The maximum atomic E-state index is 6.35. The molecule has 1 aliphatic carbocycles. The number of imidazole rings is 1. The first-order valence-electron chi connectivity index (χ1n) is 7.14. The van der Waals surface area contributed by atoms with Crippen LogP contribution in [0.3, 0.4) is 0 Å². The van der Waals surface area contributed by atoms with Crippen LogP contribution >= 0.6 is 11.6 Å². The molecule has 2 aromatic rings. The molecule has 0 aliphatic heterocycles. The van der Waals surface area contributed by atoms with Gasteiger partial charge in [-0.05, 0) is 43.4 Å². The van der Waals surface area contributed by atoms with Gasteiger partial charge in [0.1, 0.15) is 0 Å². The zero-order valence-electron chi connectivity index (χ0n) is 11.1. The summed E-state index contributed by atoms with van der Waals surface area (Å²) in [5.41, 5.74) is 9.46. The summed E-state index contributed by atoms with van der Waals surface area (Å²) in [5, 5.41) is 0.778. The van der Waals surface area contributed by atoms with E-state index in [1.807, 2.05) is 12.5 Å². The summed E-state index contributed by atoms with van der Waals surface area (Å²) >= 11 is 6.35. The smallest absolute Gasteiger partial charge is 0.0994 e. The number of rotatable bonds is 3. The molecule has 102 valence electrons. The molecule has 19 heavy (non-hydrogen) atoms. The fraction of sp³-hybridized carbons (Fsp3) is 0.533. The molecule has 2 heterocycles. The van der Waals surface area contributed by atoms with Gasteiger partial charge >= 0.3 is 0 Å². The van der Waals surface area contributed by atoms with Crippen LogP contribution in [0.1, 0.15) is 49.3 Å². The molecule has 0 bridgehead atoms. The number of pyridine rings is 1. The fourth-order valence-electron chi connectivity index (χ4n) is 3.31. The second kappa shape index (κ2) is 5.51. The largest absolute Gasteiger partial charge is 0.330 e. The lowest BCUT2D eigenvalue weighted by Gasteiger charge is -2.25. The molecule has 0 amide bonds. The van der Waals surface area contributed by atoms with E-state index in [2.05, 4.69) is 15.5 Å². The van der Waals surface area contributed by atoms with Crippen molar-refractivity contribution in [1.29, 1.82) is 0 Å². The summed E-state index contributed by atoms with van der Waals surface area (Å²) in [6.07, 6.45) is 11.2. The monoisotopic (exact) mass is 277 g/mol. The predicted molar refractivity (Wildman–Crippen MR) is 78.8 cm³/mol. The van der Waals surface area contributed by atoms with Gasteiger partial charge in [0.2, 0.25) is 0 Å². The Balaban J connectivity index is 2.14. The molecule has 0 aromatic carbocycles. The molecule has 3 rings (SSSR count). The molecule has 4 heteroatoms. The van der Waals surface area contributed by atoms with Crippen LogP contribution in [0.2, 0.25) is 5.02 Å². The zero-order valence-corrected chi connectivity index (χ0v) is 11.9. The van der Waals surface area contributed by atoms with Crippen molar-refractivity contribution < 1.29 is 0 Å². The quantitative estimate of drug-likeness (QED) is 0.933. The Kier molecular flexibility index (Phi) is 3.76. The highest BCUT2D eigenvalue weighted by molar-refractivity contribution is 6.33. The van der Waals surface area contributed by atoms with Gasteiger partial charge in [-0.3, -0.25) is 0 Å². The summed E-state index contributed by atoms with van der Waals surface area (Å²) in [6.45, 7) is 0.663. The van der Waals surface area contributed by atoms with Gasteiger partial charge in [-0.25, -0.2) is 4.98 Å². The molecular weight excluding hydrogens is 258 g/mol. The van der Waals surface area contributed by atoms with E-state index >= 15 is 0 Å². The molecule has 1 fully saturated rings. The van der Waals surface area contributed by atoms with Crippen LogP contribution < -0.4 is 5.73 Å². The third kappa shape index (κ3) is 2.37. The van der Waals surface area contributed by atoms with Crippen LogP contribution in [-0.2, 0) is 6.42 Å². The van der Waals surface area contributed by atoms with E-state index < -0.39 is 0 Å². The summed E-state index contributed by atoms with van der Waals surface area (Å²) in [5.74, 6) is 0.629. The highest BCUT2D eigenvalue weighted by atomic mass is 35.5. The maximum absolute atomic E-state index is 6.35. The summed E-state index contributed by atoms with van der Waals surface area (Å²) in [4.78, 5) is 4.27. The van der Waals surface area contributed by atoms with Crippen LogP contribution in [0.25, 0.3) is 5.52 Å². The van der Waals surface area contributed by atoms with Crippen molar-refractivity contribution in [2.45, 2.75) is 44.4 Å². The van der Waals surface area contributed by atoms with E-state index in [-0.39, 0.29) is 0 Å². The Bertz CT molecular complexity index is 570. The minimum absolute atomic E-state index is 0.629. The fourth-order valence-corrected chi connectivity index (χ4v) is 3.58. The Hall–Kier alpha value is -1.06. The number of fused-ring (bicyclic) bond motifs is 1. The second-order valence-electron chi connectivity index (χ2n) is 5.43. The lowest BCUT2D eigenvalue weighted by Crippen LogP contribution is -2.14. The van der Waals surface area contributed by atoms with Crippen LogP contribution in [-0.4, -0.2) is 15.9 Å². The van der Waals surface area contributed by atoms with Crippen molar-refractivity contribution in [2.75, 3.05) is 6.54 Å². The molecule has 1 saturated carbocycles. The molecule has 2 aromatic heterocycles. The lowest BCUT2D eigenvalue weighted by atomic mass is 9.84. The molecule has 3 nitrogen and oxygen atoms in total. The molecule has 0 atom stereocenters. The molecule has 0 radical (unpaired) electrons. The van der Waals surface area contributed by atoms with Gasteiger partial charge in [0.05, 0.1) is 23.1 Å². The highest BCUT2D eigenvalue weighted by Crippen LogP contribution is 2.36. The number of aromatic nitrogens is 2. The lowest BCUT2D eigenvalue weighted by molar-refractivity contribution is 0.431. The first-order chi connectivity index (χ1) is 9.31. The molecule has 2 N–H and O–H groups in total. The molecule has 0 saturated heterocycles. The predicted octanol–water partition coefficient (Wildman–Crippen LogP) is 3.54. The number of nitrogens with two attached hydrogens (primary N) is 1. The average Bonchev–Trinajstić information content (AvgIpc) is 2.90. The SMILES string of the molecule is NCCc1cc(Cl)c2cncn2c1C1CCCCC1. The minimum Gasteiger partial charge on any atom is -0.330 e. The molecule has 0 unspecified atom stereocenters. The van der Waals surface area contributed by atoms with E-state index in [9.17, 15) is 0 Å². The van der Waals surface area contributed by atoms with Gasteiger partial charge in [-0.15, -0.1) is 0 Å². The summed E-state index contributed by atoms with van der Waals surface area (Å²) in [7, 11) is 0. The second-order valence-corrected chi connectivity index (χ2v) is 5.83. The number of halogens is 1. The first kappa shape index (κ1) is 12.9. The number of nitrogens with zero attached hydrogens (tertiary/aromatic N) is 2. The van der Waals surface area contributed by atoms with Gasteiger partial charge in [0.25, 0.3) is 0 Å². The summed E-state index contributed by atoms with van der Waals surface area (Å²) < 4.78 is 2.18. The van der Waals surface area contributed by atoms with E-state index in [4.69, 9.17) is 17.3 Å². The van der Waals surface area contributed by atoms with Crippen LogP contribution in [0.15, 0.2) is 18.6 Å². The van der Waals surface area contributed by atoms with Gasteiger partial charge in [-0.2, -0.15) is 0 Å². The van der Waals surface area contributed by atoms with Crippen molar-refractivity contribution in [3.8, 4) is 0 Å². The van der Waals surface area contributed by atoms with Crippen LogP contribution in [0.5, 0.6) is 0 Å². The van der Waals surface area contributed by atoms with Gasteiger partial charge < -0.3 is 10.1 Å². The van der Waals surface area contributed by atoms with Crippen LogP contribution in [0, 0.1) is 0 Å². The van der Waals surface area contributed by atoms with Crippen molar-refractivity contribution in [1.82, 2.24) is 9.38 Å². The zero-order chi connectivity index (χ0) is 13.2. The summed E-state index contributed by atoms with van der Waals surface area (Å²) in [6, 6.07) is 2.09. The van der Waals surface area contributed by atoms with Gasteiger partial charge in [0.15, 0.2) is 0 Å². The molecule has 1 aliphatic rings. The Morgan fingerprint density at radius 3 is 2.84 bits per heavy atom. The van der Waals surface area contributed by atoms with Gasteiger partial charge in [0, 0.05) is 5.69 Å². The normalized spacial score (nSPS) is 17.2. The highest BCUT2D eigenvalue weighted by Gasteiger charge is 2.22. The average molecular weight is 278 g/mol. The number of hydrogen-bond donors (Lipinski definition) is 1. The molecular formula is C15H20ClN3. The van der Waals surface area contributed by atoms with Crippen molar-refractivity contribution in [3.05, 3.63) is 34.9 Å². The Labute approximate surface area is 118 Å². The van der Waals surface area contributed by atoms with E-state index in [1.165, 1.54) is 43.4 Å². The minimum atomic E-state index is 0.629. The Morgan fingerprint density at radius 1 is 1.32 bits per heavy atom. The van der Waals surface area contributed by atoms with Crippen molar-refractivity contribution >= 4 is 17.1 Å². The number of hydrogen-bond acceptors (Lipinski definition) is 2. The maximum Gasteiger partial charge on any atom is 0.0994 e. The topological polar surface area (TPSA) is 43.3 Å². The van der Waals surface area contributed by atoms with Crippen LogP contribution in [0.4, 0.5) is 0 Å². The third-order valence-electron chi connectivity index (χ3n) is 4.18. The van der Waals surface area contributed by atoms with E-state index in [0.29, 0.717) is 12.5 Å². The van der Waals surface area contributed by atoms with Crippen molar-refractivity contribution in [2.24, 2.45) is 5.73 Å². The first-order valence-corrected chi connectivity index (χ1v) is 7.52. The van der Waals surface area contributed by atoms with Crippen molar-refractivity contribution in [3.63, 3.8) is 0 Å². The standard InChI is InChI=1S/C15H20ClN3/c16-13-8-12(6-7-17)15(11-4-2-1-3-5-11)19-10-18-9-14(13)19/h8-11H,1-7,17H2. The van der Waals surface area contributed by atoms with E-state index in [1.54, 1.807) is 0 Å². The molecule has 0 spiro atoms. The van der Waals surface area contributed by atoms with Gasteiger partial charge in [-0.1, -0.05) is 30.9 Å².